The van der Waals surface area contributed by atoms with Crippen LogP contribution in [-0.4, -0.2) is 32.4 Å². The Balaban J connectivity index is 2.00. The highest BCUT2D eigenvalue weighted by molar-refractivity contribution is 5.83. The van der Waals surface area contributed by atoms with Crippen LogP contribution in [0.15, 0.2) is 47.3 Å². The minimum absolute atomic E-state index is 0.272. The van der Waals surface area contributed by atoms with E-state index in [1.54, 1.807) is 48.3 Å². The molecule has 0 saturated carbocycles. The van der Waals surface area contributed by atoms with Crippen LogP contribution in [0.3, 0.4) is 0 Å². The molecule has 3 aromatic rings. The fraction of sp³-hybridized carbons (Fsp3) is 0.143. The van der Waals surface area contributed by atoms with Crippen molar-refractivity contribution in [3.05, 3.63) is 42.9 Å². The Bertz CT molecular complexity index is 700. The zero-order valence-electron chi connectivity index (χ0n) is 11.8. The highest BCUT2D eigenvalue weighted by atomic mass is 16.5. The lowest BCUT2D eigenvalue weighted by Gasteiger charge is -2.08. The predicted molar refractivity (Wildman–Crippen MR) is 77.5 cm³/mol. The molecule has 3 aromatic heterocycles. The average molecular weight is 299 g/mol. The van der Waals surface area contributed by atoms with Gasteiger partial charge in [-0.2, -0.15) is 5.10 Å². The molecule has 0 saturated heterocycles. The maximum absolute atomic E-state index is 11.6. The fourth-order valence-electron chi connectivity index (χ4n) is 1.81. The van der Waals surface area contributed by atoms with E-state index >= 15 is 0 Å². The normalized spacial score (nSPS) is 10.4. The minimum atomic E-state index is -0.585. The second kappa shape index (κ2) is 6.08. The molecular formula is C14H13N5O3. The van der Waals surface area contributed by atoms with Crippen molar-refractivity contribution in [2.75, 3.05) is 11.9 Å². The van der Waals surface area contributed by atoms with Crippen molar-refractivity contribution in [3.63, 3.8) is 0 Å². The Morgan fingerprint density at radius 2 is 2.32 bits per heavy atom. The number of nitrogens with zero attached hydrogens (tertiary/aromatic N) is 4. The summed E-state index contributed by atoms with van der Waals surface area (Å²) in [5, 5.41) is 6.67. The van der Waals surface area contributed by atoms with Crippen molar-refractivity contribution >= 4 is 11.9 Å². The van der Waals surface area contributed by atoms with Gasteiger partial charge in [0.15, 0.2) is 17.4 Å². The monoisotopic (exact) mass is 299 g/mol. The van der Waals surface area contributed by atoms with Crippen LogP contribution in [0.2, 0.25) is 0 Å². The second-order valence-corrected chi connectivity index (χ2v) is 4.21. The van der Waals surface area contributed by atoms with E-state index < -0.39 is 6.09 Å². The number of hydrogen-bond donors (Lipinski definition) is 1. The van der Waals surface area contributed by atoms with Crippen molar-refractivity contribution in [1.82, 2.24) is 19.7 Å². The van der Waals surface area contributed by atoms with E-state index in [0.717, 1.165) is 0 Å². The lowest BCUT2D eigenvalue weighted by atomic mass is 10.4. The van der Waals surface area contributed by atoms with Gasteiger partial charge in [0.1, 0.15) is 5.82 Å². The summed E-state index contributed by atoms with van der Waals surface area (Å²) in [5.74, 6) is 1.62. The van der Waals surface area contributed by atoms with Gasteiger partial charge in [0.25, 0.3) is 0 Å². The SMILES string of the molecule is CCOC(=O)Nc1cc(-n2cccn2)nc(-c2ccco2)n1. The standard InChI is InChI=1S/C14H13N5O3/c1-2-21-14(20)17-11-9-12(19-7-4-6-15-19)18-13(16-11)10-5-3-8-22-10/h3-9H,2H2,1H3,(H,16,17,18,20). The van der Waals surface area contributed by atoms with Crippen LogP contribution < -0.4 is 5.32 Å². The minimum Gasteiger partial charge on any atom is -0.461 e. The Kier molecular flexibility index (Phi) is 3.82. The Morgan fingerprint density at radius 1 is 1.41 bits per heavy atom. The van der Waals surface area contributed by atoms with Crippen LogP contribution in [0.4, 0.5) is 10.6 Å². The van der Waals surface area contributed by atoms with Crippen molar-refractivity contribution in [2.24, 2.45) is 0 Å². The van der Waals surface area contributed by atoms with Crippen molar-refractivity contribution in [2.45, 2.75) is 6.92 Å². The lowest BCUT2D eigenvalue weighted by molar-refractivity contribution is 0.168. The Hall–Kier alpha value is -3.16. The zero-order chi connectivity index (χ0) is 15.4. The number of rotatable bonds is 4. The van der Waals surface area contributed by atoms with Gasteiger partial charge in [0.2, 0.25) is 0 Å². The summed E-state index contributed by atoms with van der Waals surface area (Å²) in [6.45, 7) is 2.00. The number of nitrogens with one attached hydrogen (secondary N) is 1. The predicted octanol–water partition coefficient (Wildman–Crippen LogP) is 2.49. The molecule has 1 amide bonds. The third-order valence-electron chi connectivity index (χ3n) is 2.70. The number of carbonyl (C=O) groups excluding carboxylic acids is 1. The summed E-state index contributed by atoms with van der Waals surface area (Å²) in [5.41, 5.74) is 0. The smallest absolute Gasteiger partial charge is 0.412 e. The quantitative estimate of drug-likeness (QED) is 0.795. The lowest BCUT2D eigenvalue weighted by Crippen LogP contribution is -2.15. The first-order valence-corrected chi connectivity index (χ1v) is 6.63. The summed E-state index contributed by atoms with van der Waals surface area (Å²) in [6, 6.07) is 6.83. The molecule has 0 spiro atoms. The molecule has 0 aliphatic rings. The third kappa shape index (κ3) is 2.95. The van der Waals surface area contributed by atoms with Crippen LogP contribution >= 0.6 is 0 Å². The molecule has 0 aromatic carbocycles. The van der Waals surface area contributed by atoms with Crippen LogP contribution in [0, 0.1) is 0 Å². The first kappa shape index (κ1) is 13.8. The molecule has 22 heavy (non-hydrogen) atoms. The summed E-state index contributed by atoms with van der Waals surface area (Å²) in [7, 11) is 0. The molecule has 3 heterocycles. The summed E-state index contributed by atoms with van der Waals surface area (Å²) >= 11 is 0. The number of ether oxygens (including phenoxy) is 1. The van der Waals surface area contributed by atoms with E-state index in [0.29, 0.717) is 23.2 Å². The van der Waals surface area contributed by atoms with Gasteiger partial charge in [0, 0.05) is 18.5 Å². The van der Waals surface area contributed by atoms with Gasteiger partial charge in [-0.15, -0.1) is 0 Å². The maximum atomic E-state index is 11.6. The third-order valence-corrected chi connectivity index (χ3v) is 2.70. The summed E-state index contributed by atoms with van der Waals surface area (Å²) < 4.78 is 11.7. The molecule has 0 unspecified atom stereocenters. The fourth-order valence-corrected chi connectivity index (χ4v) is 1.81. The van der Waals surface area contributed by atoms with Gasteiger partial charge in [-0.25, -0.2) is 19.4 Å². The highest BCUT2D eigenvalue weighted by Gasteiger charge is 2.12. The van der Waals surface area contributed by atoms with Crippen molar-refractivity contribution < 1.29 is 13.9 Å². The molecular weight excluding hydrogens is 286 g/mol. The van der Waals surface area contributed by atoms with E-state index in [2.05, 4.69) is 20.4 Å². The van der Waals surface area contributed by atoms with Gasteiger partial charge >= 0.3 is 6.09 Å². The number of furan rings is 1. The van der Waals surface area contributed by atoms with Crippen molar-refractivity contribution in [1.29, 1.82) is 0 Å². The van der Waals surface area contributed by atoms with Gasteiger partial charge in [-0.3, -0.25) is 5.32 Å². The van der Waals surface area contributed by atoms with E-state index in [1.807, 2.05) is 0 Å². The number of aromatic nitrogens is 4. The van der Waals surface area contributed by atoms with Crippen LogP contribution in [0.1, 0.15) is 6.92 Å². The number of anilines is 1. The zero-order valence-corrected chi connectivity index (χ0v) is 11.8. The second-order valence-electron chi connectivity index (χ2n) is 4.21. The molecule has 0 aliphatic heterocycles. The highest BCUT2D eigenvalue weighted by Crippen LogP contribution is 2.20. The van der Waals surface area contributed by atoms with Crippen molar-refractivity contribution in [3.8, 4) is 17.4 Å². The number of hydrogen-bond acceptors (Lipinski definition) is 6. The van der Waals surface area contributed by atoms with Gasteiger partial charge in [0.05, 0.1) is 12.9 Å². The largest absolute Gasteiger partial charge is 0.461 e. The van der Waals surface area contributed by atoms with E-state index in [9.17, 15) is 4.79 Å². The van der Waals surface area contributed by atoms with Gasteiger partial charge < -0.3 is 9.15 Å². The number of carbonyl (C=O) groups is 1. The van der Waals surface area contributed by atoms with E-state index in [-0.39, 0.29) is 6.61 Å². The summed E-state index contributed by atoms with van der Waals surface area (Å²) in [4.78, 5) is 20.2. The molecule has 0 radical (unpaired) electrons. The van der Waals surface area contributed by atoms with E-state index in [1.165, 1.54) is 6.26 Å². The molecule has 8 heteroatoms. The first-order valence-electron chi connectivity index (χ1n) is 6.63. The van der Waals surface area contributed by atoms with Gasteiger partial charge in [-0.05, 0) is 25.1 Å². The van der Waals surface area contributed by atoms with Gasteiger partial charge in [-0.1, -0.05) is 0 Å². The van der Waals surface area contributed by atoms with E-state index in [4.69, 9.17) is 9.15 Å². The topological polar surface area (TPSA) is 95.1 Å². The Labute approximate surface area is 125 Å². The molecule has 0 fully saturated rings. The molecule has 0 bridgehead atoms. The van der Waals surface area contributed by atoms with Crippen LogP contribution in [0.5, 0.6) is 0 Å². The first-order chi connectivity index (χ1) is 10.8. The number of amides is 1. The Morgan fingerprint density at radius 3 is 3.00 bits per heavy atom. The summed E-state index contributed by atoms with van der Waals surface area (Å²) in [6.07, 6.45) is 4.31. The maximum Gasteiger partial charge on any atom is 0.412 e. The molecule has 8 nitrogen and oxygen atoms in total. The molecule has 3 rings (SSSR count). The molecule has 1 N–H and O–H groups in total. The molecule has 0 atom stereocenters. The average Bonchev–Trinajstić information content (AvgIpc) is 3.21. The van der Waals surface area contributed by atoms with Crippen LogP contribution in [0.25, 0.3) is 17.4 Å². The molecule has 112 valence electrons. The van der Waals surface area contributed by atoms with Crippen LogP contribution in [-0.2, 0) is 4.74 Å². The molecule has 0 aliphatic carbocycles.